The number of rotatable bonds is 3. The molecule has 3 rings (SSSR count). The minimum atomic E-state index is -1.25. The Morgan fingerprint density at radius 3 is 2.32 bits per heavy atom. The number of carbonyl (C=O) groups is 2. The normalized spacial score (nSPS) is 25.2. The molecule has 0 radical (unpaired) electrons. The maximum absolute atomic E-state index is 11.5. The van der Waals surface area contributed by atoms with E-state index in [4.69, 9.17) is 5.11 Å². The maximum atomic E-state index is 11.5. The Labute approximate surface area is 109 Å². The zero-order chi connectivity index (χ0) is 13.6. The molecule has 2 atom stereocenters. The fraction of sp³-hybridized carbons (Fsp3) is 0.200. The van der Waals surface area contributed by atoms with Crippen molar-refractivity contribution < 1.29 is 19.8 Å². The number of aliphatic carboxylic acids is 2. The highest BCUT2D eigenvalue weighted by Crippen LogP contribution is 2.55. The summed E-state index contributed by atoms with van der Waals surface area (Å²) in [6, 6.07) is 13.0. The van der Waals surface area contributed by atoms with E-state index in [1.165, 1.54) is 0 Å². The van der Waals surface area contributed by atoms with E-state index in [2.05, 4.69) is 0 Å². The SMILES string of the molecule is O=C(O)C1CC1(C(=O)O)c1ccc2ccccc2c1. The predicted molar refractivity (Wildman–Crippen MR) is 69.0 cm³/mol. The topological polar surface area (TPSA) is 74.6 Å². The van der Waals surface area contributed by atoms with Gasteiger partial charge in [-0.3, -0.25) is 9.59 Å². The van der Waals surface area contributed by atoms with Gasteiger partial charge in [-0.05, 0) is 28.8 Å². The molecule has 2 unspecified atom stereocenters. The highest BCUT2D eigenvalue weighted by atomic mass is 16.4. The molecule has 4 nitrogen and oxygen atoms in total. The molecule has 96 valence electrons. The molecule has 2 aromatic rings. The van der Waals surface area contributed by atoms with Gasteiger partial charge in [-0.25, -0.2) is 0 Å². The Balaban J connectivity index is 2.13. The highest BCUT2D eigenvalue weighted by molar-refractivity contribution is 5.96. The van der Waals surface area contributed by atoms with Crippen LogP contribution in [-0.4, -0.2) is 22.2 Å². The molecule has 0 saturated heterocycles. The lowest BCUT2D eigenvalue weighted by molar-refractivity contribution is -0.145. The molecule has 2 aromatic carbocycles. The molecule has 1 saturated carbocycles. The Hall–Kier alpha value is -2.36. The van der Waals surface area contributed by atoms with Gasteiger partial charge in [0.05, 0.1) is 5.92 Å². The van der Waals surface area contributed by atoms with Crippen molar-refractivity contribution in [3.63, 3.8) is 0 Å². The minimum absolute atomic E-state index is 0.163. The number of hydrogen-bond acceptors (Lipinski definition) is 2. The van der Waals surface area contributed by atoms with Crippen molar-refractivity contribution >= 4 is 22.7 Å². The highest BCUT2D eigenvalue weighted by Gasteiger charge is 2.65. The maximum Gasteiger partial charge on any atom is 0.315 e. The van der Waals surface area contributed by atoms with Crippen LogP contribution in [0, 0.1) is 5.92 Å². The van der Waals surface area contributed by atoms with Crippen molar-refractivity contribution in [2.24, 2.45) is 5.92 Å². The lowest BCUT2D eigenvalue weighted by atomic mass is 9.91. The Bertz CT molecular complexity index is 691. The van der Waals surface area contributed by atoms with Crippen LogP contribution in [0.1, 0.15) is 12.0 Å². The molecule has 1 aliphatic rings. The van der Waals surface area contributed by atoms with Crippen molar-refractivity contribution in [2.45, 2.75) is 11.8 Å². The third kappa shape index (κ3) is 1.60. The second kappa shape index (κ2) is 3.82. The van der Waals surface area contributed by atoms with Gasteiger partial charge in [-0.1, -0.05) is 36.4 Å². The van der Waals surface area contributed by atoms with Crippen molar-refractivity contribution in [1.82, 2.24) is 0 Å². The number of fused-ring (bicyclic) bond motifs is 1. The first-order chi connectivity index (χ1) is 9.05. The Morgan fingerprint density at radius 1 is 1.05 bits per heavy atom. The van der Waals surface area contributed by atoms with Gasteiger partial charge in [0.1, 0.15) is 5.41 Å². The summed E-state index contributed by atoms with van der Waals surface area (Å²) in [6.07, 6.45) is 0.163. The van der Waals surface area contributed by atoms with E-state index in [9.17, 15) is 14.7 Å². The van der Waals surface area contributed by atoms with Crippen LogP contribution >= 0.6 is 0 Å². The van der Waals surface area contributed by atoms with E-state index < -0.39 is 23.3 Å². The molecule has 0 bridgehead atoms. The first kappa shape index (κ1) is 11.7. The lowest BCUT2D eigenvalue weighted by Gasteiger charge is -2.12. The molecule has 0 heterocycles. The van der Waals surface area contributed by atoms with E-state index in [1.54, 1.807) is 12.1 Å². The van der Waals surface area contributed by atoms with Crippen LogP contribution in [0.5, 0.6) is 0 Å². The summed E-state index contributed by atoms with van der Waals surface area (Å²) in [5, 5.41) is 20.4. The molecule has 0 amide bonds. The Kier molecular flexibility index (Phi) is 2.35. The molecule has 1 aliphatic carbocycles. The number of hydrogen-bond donors (Lipinski definition) is 2. The van der Waals surface area contributed by atoms with Crippen LogP contribution < -0.4 is 0 Å². The summed E-state index contributed by atoms with van der Waals surface area (Å²) < 4.78 is 0. The van der Waals surface area contributed by atoms with Crippen LogP contribution in [0.2, 0.25) is 0 Å². The van der Waals surface area contributed by atoms with Gasteiger partial charge in [-0.2, -0.15) is 0 Å². The van der Waals surface area contributed by atoms with Crippen LogP contribution in [0.15, 0.2) is 42.5 Å². The second-order valence-corrected chi connectivity index (χ2v) is 4.93. The molecule has 0 aromatic heterocycles. The predicted octanol–water partition coefficient (Wildman–Crippen LogP) is 2.27. The van der Waals surface area contributed by atoms with Gasteiger partial charge >= 0.3 is 11.9 Å². The average Bonchev–Trinajstić information content (AvgIpc) is 3.15. The van der Waals surface area contributed by atoms with Crippen molar-refractivity contribution in [1.29, 1.82) is 0 Å². The number of benzene rings is 2. The largest absolute Gasteiger partial charge is 0.481 e. The molecule has 2 N–H and O–H groups in total. The fourth-order valence-corrected chi connectivity index (χ4v) is 2.71. The lowest BCUT2D eigenvalue weighted by Crippen LogP contribution is -2.25. The zero-order valence-electron chi connectivity index (χ0n) is 10.0. The number of carboxylic acid groups (broad SMARTS) is 2. The second-order valence-electron chi connectivity index (χ2n) is 4.93. The van der Waals surface area contributed by atoms with Gasteiger partial charge in [0, 0.05) is 0 Å². The smallest absolute Gasteiger partial charge is 0.315 e. The summed E-state index contributed by atoms with van der Waals surface area (Å²) in [5.41, 5.74) is -0.679. The molecular formula is C15H12O4. The van der Waals surface area contributed by atoms with Gasteiger partial charge in [0.15, 0.2) is 0 Å². The van der Waals surface area contributed by atoms with Crippen molar-refractivity contribution in [3.05, 3.63) is 48.0 Å². The monoisotopic (exact) mass is 256 g/mol. The summed E-state index contributed by atoms with van der Waals surface area (Å²) in [5.74, 6) is -2.93. The van der Waals surface area contributed by atoms with E-state index in [-0.39, 0.29) is 6.42 Å². The van der Waals surface area contributed by atoms with Crippen LogP contribution in [0.25, 0.3) is 10.8 Å². The zero-order valence-corrected chi connectivity index (χ0v) is 10.0. The molecule has 0 spiro atoms. The van der Waals surface area contributed by atoms with Crippen molar-refractivity contribution in [2.75, 3.05) is 0 Å². The molecule has 4 heteroatoms. The summed E-state index contributed by atoms with van der Waals surface area (Å²) in [4.78, 5) is 22.5. The van der Waals surface area contributed by atoms with E-state index >= 15 is 0 Å². The van der Waals surface area contributed by atoms with Gasteiger partial charge in [-0.15, -0.1) is 0 Å². The number of carboxylic acids is 2. The van der Waals surface area contributed by atoms with Gasteiger partial charge < -0.3 is 10.2 Å². The van der Waals surface area contributed by atoms with E-state index in [0.717, 1.165) is 10.8 Å². The Morgan fingerprint density at radius 2 is 1.74 bits per heavy atom. The molecule has 19 heavy (non-hydrogen) atoms. The quantitative estimate of drug-likeness (QED) is 0.883. The molecule has 0 aliphatic heterocycles. The fourth-order valence-electron chi connectivity index (χ4n) is 2.71. The third-order valence-corrected chi connectivity index (χ3v) is 3.91. The molecule has 1 fully saturated rings. The first-order valence-electron chi connectivity index (χ1n) is 6.01. The van der Waals surface area contributed by atoms with Crippen molar-refractivity contribution in [3.8, 4) is 0 Å². The average molecular weight is 256 g/mol. The van der Waals surface area contributed by atoms with E-state index in [0.29, 0.717) is 5.56 Å². The van der Waals surface area contributed by atoms with Crippen LogP contribution in [0.3, 0.4) is 0 Å². The standard InChI is InChI=1S/C15H12O4/c16-13(17)12-8-15(12,14(18)19)11-6-5-9-3-1-2-4-10(9)7-11/h1-7,12H,8H2,(H,16,17)(H,18,19). The van der Waals surface area contributed by atoms with Gasteiger partial charge in [0.2, 0.25) is 0 Å². The molecular weight excluding hydrogens is 244 g/mol. The summed E-state index contributed by atoms with van der Waals surface area (Å²) >= 11 is 0. The summed E-state index contributed by atoms with van der Waals surface area (Å²) in [7, 11) is 0. The van der Waals surface area contributed by atoms with Crippen LogP contribution in [-0.2, 0) is 15.0 Å². The minimum Gasteiger partial charge on any atom is -0.481 e. The van der Waals surface area contributed by atoms with E-state index in [1.807, 2.05) is 30.3 Å². The third-order valence-electron chi connectivity index (χ3n) is 3.91. The van der Waals surface area contributed by atoms with Gasteiger partial charge in [0.25, 0.3) is 0 Å². The first-order valence-corrected chi connectivity index (χ1v) is 6.01. The summed E-state index contributed by atoms with van der Waals surface area (Å²) in [6.45, 7) is 0. The van der Waals surface area contributed by atoms with Crippen LogP contribution in [0.4, 0.5) is 0 Å².